The van der Waals surface area contributed by atoms with E-state index in [1.165, 1.54) is 0 Å². The molecule has 1 saturated heterocycles. The Balaban J connectivity index is 2.92. The van der Waals surface area contributed by atoms with Crippen LogP contribution in [-0.2, 0) is 9.59 Å². The van der Waals surface area contributed by atoms with Gasteiger partial charge in [-0.25, -0.2) is 0 Å². The fourth-order valence-corrected chi connectivity index (χ4v) is 0.801. The Morgan fingerprint density at radius 1 is 1.23 bits per heavy atom. The van der Waals surface area contributed by atoms with Gasteiger partial charge in [-0.15, -0.1) is 0 Å². The first-order chi connectivity index (χ1) is 5.95. The first-order valence-electron chi connectivity index (χ1n) is 3.31. The SMILES string of the molecule is O=C1NC(O)[C@@H](O)C(=O)N(O)[C@@H]1O. The molecule has 0 radical (unpaired) electrons. The monoisotopic (exact) mass is 192 g/mol. The van der Waals surface area contributed by atoms with Gasteiger partial charge >= 0.3 is 0 Å². The molecule has 0 bridgehead atoms. The molecule has 0 spiro atoms. The average Bonchev–Trinajstić information content (AvgIpc) is 2.15. The Kier molecular flexibility index (Phi) is 2.48. The summed E-state index contributed by atoms with van der Waals surface area (Å²) >= 11 is 0. The molecule has 1 unspecified atom stereocenters. The molecule has 3 atom stereocenters. The number of carbonyl (C=O) groups is 2. The molecule has 5 N–H and O–H groups in total. The van der Waals surface area contributed by atoms with E-state index < -0.39 is 30.4 Å². The van der Waals surface area contributed by atoms with Gasteiger partial charge < -0.3 is 20.6 Å². The Morgan fingerprint density at radius 3 is 2.31 bits per heavy atom. The topological polar surface area (TPSA) is 130 Å². The lowest BCUT2D eigenvalue weighted by atomic mass is 10.3. The summed E-state index contributed by atoms with van der Waals surface area (Å²) in [7, 11) is 0. The molecule has 0 aromatic rings. The molecule has 1 rings (SSSR count). The van der Waals surface area contributed by atoms with Gasteiger partial charge in [-0.05, 0) is 0 Å². The molecule has 74 valence electrons. The first kappa shape index (κ1) is 9.86. The van der Waals surface area contributed by atoms with E-state index in [9.17, 15) is 9.59 Å². The second-order valence-corrected chi connectivity index (χ2v) is 2.45. The van der Waals surface area contributed by atoms with Gasteiger partial charge in [0.05, 0.1) is 0 Å². The second kappa shape index (κ2) is 3.26. The van der Waals surface area contributed by atoms with E-state index in [1.54, 1.807) is 5.32 Å². The fraction of sp³-hybridized carbons (Fsp3) is 0.600. The van der Waals surface area contributed by atoms with E-state index in [0.29, 0.717) is 0 Å². The number of hydrogen-bond acceptors (Lipinski definition) is 6. The van der Waals surface area contributed by atoms with Crippen molar-refractivity contribution in [1.29, 1.82) is 0 Å². The maximum Gasteiger partial charge on any atom is 0.282 e. The Morgan fingerprint density at radius 2 is 1.77 bits per heavy atom. The normalized spacial score (nSPS) is 35.7. The van der Waals surface area contributed by atoms with Crippen LogP contribution in [0, 0.1) is 0 Å². The number of carbonyl (C=O) groups excluding carboxylic acids is 2. The van der Waals surface area contributed by atoms with Crippen LogP contribution < -0.4 is 5.32 Å². The lowest BCUT2D eigenvalue weighted by Gasteiger charge is -2.17. The van der Waals surface area contributed by atoms with Crippen molar-refractivity contribution < 1.29 is 30.1 Å². The summed E-state index contributed by atoms with van der Waals surface area (Å²) in [6, 6.07) is 0. The molecular weight excluding hydrogens is 184 g/mol. The summed E-state index contributed by atoms with van der Waals surface area (Å²) in [4.78, 5) is 21.6. The molecule has 0 aliphatic carbocycles. The van der Waals surface area contributed by atoms with Gasteiger partial charge in [0.25, 0.3) is 11.8 Å². The highest BCUT2D eigenvalue weighted by molar-refractivity contribution is 5.90. The Bertz CT molecular complexity index is 243. The van der Waals surface area contributed by atoms with Gasteiger partial charge in [0, 0.05) is 0 Å². The number of nitrogens with one attached hydrogen (secondary N) is 1. The van der Waals surface area contributed by atoms with Crippen LogP contribution in [-0.4, -0.2) is 56.0 Å². The molecule has 8 nitrogen and oxygen atoms in total. The van der Waals surface area contributed by atoms with Crippen LogP contribution in [0.4, 0.5) is 0 Å². The van der Waals surface area contributed by atoms with Crippen molar-refractivity contribution in [3.05, 3.63) is 0 Å². The van der Waals surface area contributed by atoms with Crippen LogP contribution in [0.3, 0.4) is 0 Å². The van der Waals surface area contributed by atoms with E-state index in [1.807, 2.05) is 0 Å². The Hall–Kier alpha value is -1.22. The van der Waals surface area contributed by atoms with Crippen molar-refractivity contribution in [2.75, 3.05) is 0 Å². The molecule has 1 heterocycles. The van der Waals surface area contributed by atoms with Crippen molar-refractivity contribution in [3.8, 4) is 0 Å². The minimum Gasteiger partial charge on any atom is -0.379 e. The number of hydrogen-bond donors (Lipinski definition) is 5. The highest BCUT2D eigenvalue weighted by Gasteiger charge is 2.39. The minimum absolute atomic E-state index is 0.351. The number of hydroxylamine groups is 2. The summed E-state index contributed by atoms with van der Waals surface area (Å²) < 4.78 is 0. The van der Waals surface area contributed by atoms with Crippen LogP contribution in [0.5, 0.6) is 0 Å². The van der Waals surface area contributed by atoms with Crippen molar-refractivity contribution in [2.24, 2.45) is 0 Å². The molecule has 0 aromatic carbocycles. The molecule has 13 heavy (non-hydrogen) atoms. The van der Waals surface area contributed by atoms with Gasteiger partial charge in [0.15, 0.2) is 12.3 Å². The zero-order chi connectivity index (χ0) is 10.2. The largest absolute Gasteiger partial charge is 0.379 e. The molecule has 0 saturated carbocycles. The molecule has 0 aromatic heterocycles. The third kappa shape index (κ3) is 1.60. The summed E-state index contributed by atoms with van der Waals surface area (Å²) in [5.41, 5.74) is 0. The smallest absolute Gasteiger partial charge is 0.282 e. The van der Waals surface area contributed by atoms with Crippen LogP contribution in [0.2, 0.25) is 0 Å². The molecular formula is C5H8N2O6. The highest BCUT2D eigenvalue weighted by Crippen LogP contribution is 2.05. The van der Waals surface area contributed by atoms with Crippen molar-refractivity contribution in [3.63, 3.8) is 0 Å². The molecule has 8 heteroatoms. The number of rotatable bonds is 0. The summed E-state index contributed by atoms with van der Waals surface area (Å²) in [6.45, 7) is 0. The maximum absolute atomic E-state index is 10.8. The summed E-state index contributed by atoms with van der Waals surface area (Å²) in [6.07, 6.45) is -5.96. The zero-order valence-corrected chi connectivity index (χ0v) is 6.28. The lowest BCUT2D eigenvalue weighted by Crippen LogP contribution is -2.45. The summed E-state index contributed by atoms with van der Waals surface area (Å²) in [5, 5.41) is 36.8. The number of aliphatic hydroxyl groups is 3. The van der Waals surface area contributed by atoms with Crippen molar-refractivity contribution >= 4 is 11.8 Å². The van der Waals surface area contributed by atoms with E-state index in [-0.39, 0.29) is 5.06 Å². The number of nitrogens with zero attached hydrogens (tertiary/aromatic N) is 1. The molecule has 1 aliphatic rings. The molecule has 1 aliphatic heterocycles. The third-order valence-corrected chi connectivity index (χ3v) is 1.53. The number of amides is 2. The van der Waals surface area contributed by atoms with Crippen LogP contribution in [0.15, 0.2) is 0 Å². The van der Waals surface area contributed by atoms with Gasteiger partial charge in [-0.1, -0.05) is 0 Å². The van der Waals surface area contributed by atoms with Crippen LogP contribution in [0.25, 0.3) is 0 Å². The maximum atomic E-state index is 10.8. The van der Waals surface area contributed by atoms with Crippen molar-refractivity contribution in [1.82, 2.24) is 10.4 Å². The average molecular weight is 192 g/mol. The fourth-order valence-electron chi connectivity index (χ4n) is 0.801. The highest BCUT2D eigenvalue weighted by atomic mass is 16.6. The lowest BCUT2D eigenvalue weighted by molar-refractivity contribution is -0.210. The quantitative estimate of drug-likeness (QED) is 0.251. The minimum atomic E-state index is -2.13. The van der Waals surface area contributed by atoms with Gasteiger partial charge in [0.1, 0.15) is 0 Å². The predicted octanol–water partition coefficient (Wildman–Crippen LogP) is -3.67. The second-order valence-electron chi connectivity index (χ2n) is 2.45. The molecule has 2 amide bonds. The molecule has 1 fully saturated rings. The van der Waals surface area contributed by atoms with E-state index >= 15 is 0 Å². The van der Waals surface area contributed by atoms with Crippen molar-refractivity contribution in [2.45, 2.75) is 18.6 Å². The predicted molar refractivity (Wildman–Crippen MR) is 34.8 cm³/mol. The van der Waals surface area contributed by atoms with Crippen LogP contribution in [0.1, 0.15) is 0 Å². The third-order valence-electron chi connectivity index (χ3n) is 1.53. The van der Waals surface area contributed by atoms with E-state index in [2.05, 4.69) is 0 Å². The van der Waals surface area contributed by atoms with Crippen LogP contribution >= 0.6 is 0 Å². The number of aliphatic hydroxyl groups excluding tert-OH is 3. The first-order valence-corrected chi connectivity index (χ1v) is 3.31. The zero-order valence-electron chi connectivity index (χ0n) is 6.28. The Labute approximate surface area is 72.0 Å². The van der Waals surface area contributed by atoms with Gasteiger partial charge in [-0.2, -0.15) is 5.06 Å². The van der Waals surface area contributed by atoms with Gasteiger partial charge in [-0.3, -0.25) is 14.8 Å². The van der Waals surface area contributed by atoms with Gasteiger partial charge in [0.2, 0.25) is 6.23 Å². The van der Waals surface area contributed by atoms with E-state index in [0.717, 1.165) is 0 Å². The van der Waals surface area contributed by atoms with E-state index in [4.69, 9.17) is 20.5 Å². The standard InChI is InChI=1S/C5H8N2O6/c8-1-2(9)6-3(10)5(12)7(13)4(1)11/h1-2,5,8-9,12-13H,(H,6,10)/t1-,2?,5-/m1/s1. The summed E-state index contributed by atoms with van der Waals surface area (Å²) in [5.74, 6) is -2.54.